The van der Waals surface area contributed by atoms with Crippen LogP contribution >= 0.6 is 35.5 Å². The Bertz CT molecular complexity index is 964. The highest BCUT2D eigenvalue weighted by Gasteiger charge is 2.21. The molecule has 0 bridgehead atoms. The fourth-order valence-corrected chi connectivity index (χ4v) is 4.87. The van der Waals surface area contributed by atoms with Gasteiger partial charge in [-0.3, -0.25) is 9.69 Å². The Labute approximate surface area is 192 Å². The van der Waals surface area contributed by atoms with Gasteiger partial charge in [0, 0.05) is 30.2 Å². The largest absolute Gasteiger partial charge is 0.494 e. The van der Waals surface area contributed by atoms with E-state index in [9.17, 15) is 4.79 Å². The molecule has 162 valence electrons. The molecule has 1 heterocycles. The van der Waals surface area contributed by atoms with Gasteiger partial charge in [0.15, 0.2) is 5.13 Å². The fourth-order valence-electron chi connectivity index (χ4n) is 2.91. The first-order valence-corrected chi connectivity index (χ1v) is 11.4. The number of benzene rings is 2. The molecule has 0 unspecified atom stereocenters. The number of anilines is 1. The van der Waals surface area contributed by atoms with E-state index in [1.165, 1.54) is 4.90 Å². The van der Waals surface area contributed by atoms with Gasteiger partial charge in [-0.15, -0.1) is 24.2 Å². The van der Waals surface area contributed by atoms with Crippen LogP contribution in [-0.4, -0.2) is 55.8 Å². The summed E-state index contributed by atoms with van der Waals surface area (Å²) in [7, 11) is 5.68. The molecule has 0 aliphatic heterocycles. The Hall–Kier alpha value is -1.80. The summed E-state index contributed by atoms with van der Waals surface area (Å²) in [5.41, 5.74) is 1.97. The first-order chi connectivity index (χ1) is 14.0. The molecule has 0 atom stereocenters. The van der Waals surface area contributed by atoms with Crippen molar-refractivity contribution in [3.8, 4) is 5.75 Å². The fraction of sp³-hybridized carbons (Fsp3) is 0.364. The second-order valence-corrected chi connectivity index (χ2v) is 9.16. The first-order valence-electron chi connectivity index (χ1n) is 9.56. The lowest BCUT2D eigenvalue weighted by molar-refractivity contribution is -0.118. The van der Waals surface area contributed by atoms with Crippen LogP contribution in [0.25, 0.3) is 10.2 Å². The van der Waals surface area contributed by atoms with E-state index < -0.39 is 0 Å². The van der Waals surface area contributed by atoms with Crippen LogP contribution in [0.4, 0.5) is 5.13 Å². The van der Waals surface area contributed by atoms with Gasteiger partial charge < -0.3 is 9.64 Å². The number of thioether (sulfide) groups is 1. The number of amides is 1. The number of thiazole rings is 1. The second kappa shape index (κ2) is 11.6. The predicted octanol–water partition coefficient (Wildman–Crippen LogP) is 5.11. The molecule has 5 nitrogen and oxygen atoms in total. The van der Waals surface area contributed by atoms with Crippen molar-refractivity contribution < 1.29 is 9.53 Å². The van der Waals surface area contributed by atoms with Crippen molar-refractivity contribution in [1.82, 2.24) is 9.88 Å². The van der Waals surface area contributed by atoms with Gasteiger partial charge in [0.05, 0.1) is 11.8 Å². The molecule has 1 aromatic heterocycles. The molecular formula is C22H28ClN3O2S2. The van der Waals surface area contributed by atoms with Crippen LogP contribution in [0.1, 0.15) is 12.0 Å². The van der Waals surface area contributed by atoms with Gasteiger partial charge in [0.1, 0.15) is 11.3 Å². The number of hydrogen-bond acceptors (Lipinski definition) is 6. The van der Waals surface area contributed by atoms with Crippen molar-refractivity contribution in [1.29, 1.82) is 0 Å². The topological polar surface area (TPSA) is 45.7 Å². The van der Waals surface area contributed by atoms with Crippen LogP contribution in [0.5, 0.6) is 5.75 Å². The minimum atomic E-state index is 0. The summed E-state index contributed by atoms with van der Waals surface area (Å²) in [5.74, 6) is 1.59. The number of carbonyl (C=O) groups is 1. The molecule has 1 amide bonds. The Kier molecular flexibility index (Phi) is 9.42. The van der Waals surface area contributed by atoms with E-state index in [1.807, 2.05) is 49.3 Å². The summed E-state index contributed by atoms with van der Waals surface area (Å²) in [6, 6.07) is 14.1. The molecule has 0 spiro atoms. The van der Waals surface area contributed by atoms with E-state index in [4.69, 9.17) is 9.72 Å². The Morgan fingerprint density at radius 3 is 2.53 bits per heavy atom. The maximum Gasteiger partial charge on any atom is 0.229 e. The van der Waals surface area contributed by atoms with E-state index in [1.54, 1.807) is 30.2 Å². The van der Waals surface area contributed by atoms with E-state index in [-0.39, 0.29) is 18.3 Å². The molecule has 0 aliphatic carbocycles. The number of halogens is 1. The van der Waals surface area contributed by atoms with Gasteiger partial charge in [-0.25, -0.2) is 4.98 Å². The third-order valence-electron chi connectivity index (χ3n) is 4.54. The van der Waals surface area contributed by atoms with Crippen molar-refractivity contribution in [2.75, 3.05) is 44.9 Å². The molecule has 30 heavy (non-hydrogen) atoms. The molecule has 0 fully saturated rings. The number of rotatable bonds is 9. The van der Waals surface area contributed by atoms with E-state index >= 15 is 0 Å². The minimum absolute atomic E-state index is 0. The number of methoxy groups -OCH3 is 1. The molecule has 0 N–H and O–H groups in total. The molecule has 2 aromatic carbocycles. The summed E-state index contributed by atoms with van der Waals surface area (Å²) < 4.78 is 6.55. The zero-order valence-corrected chi connectivity index (χ0v) is 20.2. The SMILES string of the molecule is COc1ccc(C)c2sc(N(CCN(C)C)C(=O)CCSc3ccccc3)nc12.Cl. The normalized spacial score (nSPS) is 10.8. The lowest BCUT2D eigenvalue weighted by atomic mass is 10.2. The van der Waals surface area contributed by atoms with Crippen molar-refractivity contribution >= 4 is 56.8 Å². The molecule has 0 saturated heterocycles. The van der Waals surface area contributed by atoms with Crippen LogP contribution in [0, 0.1) is 6.92 Å². The molecule has 0 saturated carbocycles. The number of carbonyl (C=O) groups excluding carboxylic acids is 1. The van der Waals surface area contributed by atoms with Crippen LogP contribution in [0.2, 0.25) is 0 Å². The lowest BCUT2D eigenvalue weighted by Crippen LogP contribution is -2.36. The Morgan fingerprint density at radius 2 is 1.87 bits per heavy atom. The van der Waals surface area contributed by atoms with Crippen LogP contribution in [0.3, 0.4) is 0 Å². The monoisotopic (exact) mass is 465 g/mol. The van der Waals surface area contributed by atoms with Gasteiger partial charge in [-0.05, 0) is 44.8 Å². The van der Waals surface area contributed by atoms with Crippen molar-refractivity contribution in [2.24, 2.45) is 0 Å². The summed E-state index contributed by atoms with van der Waals surface area (Å²) in [6.07, 6.45) is 0.471. The molecule has 0 aliphatic rings. The molecule has 8 heteroatoms. The van der Waals surface area contributed by atoms with Gasteiger partial charge >= 0.3 is 0 Å². The van der Waals surface area contributed by atoms with Gasteiger partial charge in [0.2, 0.25) is 5.91 Å². The lowest BCUT2D eigenvalue weighted by Gasteiger charge is -2.22. The van der Waals surface area contributed by atoms with Gasteiger partial charge in [-0.1, -0.05) is 35.6 Å². The minimum Gasteiger partial charge on any atom is -0.494 e. The van der Waals surface area contributed by atoms with E-state index in [0.717, 1.165) is 39.0 Å². The molecule has 3 aromatic rings. The number of aryl methyl sites for hydroxylation is 1. The average Bonchev–Trinajstić information content (AvgIpc) is 3.15. The van der Waals surface area contributed by atoms with E-state index in [0.29, 0.717) is 13.0 Å². The van der Waals surface area contributed by atoms with Crippen molar-refractivity contribution in [3.63, 3.8) is 0 Å². The quantitative estimate of drug-likeness (QED) is 0.411. The standard InChI is InChI=1S/C22H27N3O2S2.ClH/c1-16-10-11-18(27-4)20-21(16)29-22(23-20)25(14-13-24(2)3)19(26)12-15-28-17-8-6-5-7-9-17;/h5-11H,12-15H2,1-4H3;1H. The predicted molar refractivity (Wildman–Crippen MR) is 131 cm³/mol. The van der Waals surface area contributed by atoms with Crippen LogP contribution in [0.15, 0.2) is 47.4 Å². The first kappa shape index (κ1) is 24.5. The summed E-state index contributed by atoms with van der Waals surface area (Å²) in [5, 5.41) is 0.740. The Balaban J connectivity index is 0.00000320. The van der Waals surface area contributed by atoms with E-state index in [2.05, 4.69) is 24.0 Å². The highest BCUT2D eigenvalue weighted by Crippen LogP contribution is 2.36. The second-order valence-electron chi connectivity index (χ2n) is 7.02. The third kappa shape index (κ3) is 6.11. The number of aromatic nitrogens is 1. The van der Waals surface area contributed by atoms with Crippen LogP contribution in [-0.2, 0) is 4.79 Å². The van der Waals surface area contributed by atoms with Gasteiger partial charge in [0.25, 0.3) is 0 Å². The van der Waals surface area contributed by atoms with Crippen molar-refractivity contribution in [3.05, 3.63) is 48.0 Å². The number of hydrogen-bond donors (Lipinski definition) is 0. The number of fused-ring (bicyclic) bond motifs is 1. The smallest absolute Gasteiger partial charge is 0.229 e. The molecule has 0 radical (unpaired) electrons. The molecular weight excluding hydrogens is 438 g/mol. The van der Waals surface area contributed by atoms with Crippen LogP contribution < -0.4 is 9.64 Å². The van der Waals surface area contributed by atoms with Gasteiger partial charge in [-0.2, -0.15) is 0 Å². The maximum atomic E-state index is 13.1. The summed E-state index contributed by atoms with van der Waals surface area (Å²) in [6.45, 7) is 3.46. The maximum absolute atomic E-state index is 13.1. The number of ether oxygens (including phenoxy) is 1. The molecule has 3 rings (SSSR count). The zero-order chi connectivity index (χ0) is 20.8. The zero-order valence-electron chi connectivity index (χ0n) is 17.8. The summed E-state index contributed by atoms with van der Waals surface area (Å²) in [4.78, 5) is 23.0. The number of likely N-dealkylation sites (N-methyl/N-ethyl adjacent to an activating group) is 1. The van der Waals surface area contributed by atoms with Crippen molar-refractivity contribution in [2.45, 2.75) is 18.2 Å². The Morgan fingerprint density at radius 1 is 1.13 bits per heavy atom. The highest BCUT2D eigenvalue weighted by molar-refractivity contribution is 7.99. The summed E-state index contributed by atoms with van der Waals surface area (Å²) >= 11 is 3.26. The third-order valence-corrected chi connectivity index (χ3v) is 6.77. The highest BCUT2D eigenvalue weighted by atomic mass is 35.5. The average molecular weight is 466 g/mol. The number of nitrogens with zero attached hydrogens (tertiary/aromatic N) is 3.